The second kappa shape index (κ2) is 3.38. The first-order valence-corrected chi connectivity index (χ1v) is 7.25. The summed E-state index contributed by atoms with van der Waals surface area (Å²) in [5.41, 5.74) is 5.57. The van der Waals surface area contributed by atoms with Crippen molar-refractivity contribution in [3.8, 4) is 0 Å². The minimum Gasteiger partial charge on any atom is -0.393 e. The summed E-state index contributed by atoms with van der Waals surface area (Å²) in [6, 6.07) is 0. The molecule has 0 bridgehead atoms. The molecule has 1 aromatic rings. The van der Waals surface area contributed by atoms with E-state index in [9.17, 15) is 13.2 Å². The van der Waals surface area contributed by atoms with Gasteiger partial charge in [0.15, 0.2) is 9.84 Å². The van der Waals surface area contributed by atoms with Crippen molar-refractivity contribution in [1.29, 1.82) is 0 Å². The summed E-state index contributed by atoms with van der Waals surface area (Å²) in [4.78, 5) is 12.0. The highest BCUT2D eigenvalue weighted by Gasteiger charge is 2.42. The fourth-order valence-electron chi connectivity index (χ4n) is 2.50. The Bertz CT molecular complexity index is 626. The number of hydrogen-bond donors (Lipinski definition) is 1. The van der Waals surface area contributed by atoms with Gasteiger partial charge in [-0.05, 0) is 20.3 Å². The van der Waals surface area contributed by atoms with Crippen LogP contribution >= 0.6 is 0 Å². The Morgan fingerprint density at radius 1 is 1.41 bits per heavy atom. The maximum atomic E-state index is 12.0. The Hall–Kier alpha value is -1.24. The van der Waals surface area contributed by atoms with Crippen molar-refractivity contribution in [2.75, 3.05) is 17.2 Å². The average molecular weight is 259 g/mol. The van der Waals surface area contributed by atoms with Crippen LogP contribution in [0.1, 0.15) is 19.0 Å². The number of rotatable bonds is 1. The number of sulfone groups is 1. The Morgan fingerprint density at radius 2 is 2.00 bits per heavy atom. The van der Waals surface area contributed by atoms with Crippen LogP contribution in [0, 0.1) is 6.92 Å². The molecule has 1 unspecified atom stereocenters. The number of nitrogen functional groups attached to an aromatic ring is 1. The third-order valence-corrected chi connectivity index (χ3v) is 5.48. The molecule has 0 spiro atoms. The molecular weight excluding hydrogens is 242 g/mol. The van der Waals surface area contributed by atoms with E-state index in [2.05, 4.69) is 0 Å². The molecule has 1 aromatic heterocycles. The van der Waals surface area contributed by atoms with Crippen molar-refractivity contribution >= 4 is 15.5 Å². The highest BCUT2D eigenvalue weighted by molar-refractivity contribution is 7.91. The van der Waals surface area contributed by atoms with Gasteiger partial charge in [0.25, 0.3) is 5.56 Å². The van der Waals surface area contributed by atoms with Crippen LogP contribution in [0.4, 0.5) is 5.69 Å². The normalized spacial score (nSPS) is 27.5. The fourth-order valence-corrected chi connectivity index (χ4v) is 4.61. The molecular formula is C10H17N3O3S. The molecule has 0 amide bonds. The van der Waals surface area contributed by atoms with E-state index in [4.69, 9.17) is 5.73 Å². The number of nitrogens with zero attached hydrogens (tertiary/aromatic N) is 2. The summed E-state index contributed by atoms with van der Waals surface area (Å²) in [6.07, 6.45) is 0.450. The van der Waals surface area contributed by atoms with Gasteiger partial charge in [-0.15, -0.1) is 0 Å². The van der Waals surface area contributed by atoms with Gasteiger partial charge >= 0.3 is 0 Å². The van der Waals surface area contributed by atoms with Crippen LogP contribution < -0.4 is 11.3 Å². The summed E-state index contributed by atoms with van der Waals surface area (Å²) in [5.74, 6) is 0.122. The molecule has 1 atom stereocenters. The zero-order valence-electron chi connectivity index (χ0n) is 10.2. The zero-order chi connectivity index (χ0) is 13.0. The van der Waals surface area contributed by atoms with Gasteiger partial charge in [0.2, 0.25) is 0 Å². The fraction of sp³-hybridized carbons (Fsp3) is 0.700. The van der Waals surface area contributed by atoms with Gasteiger partial charge in [-0.25, -0.2) is 13.1 Å². The lowest BCUT2D eigenvalue weighted by atomic mass is 10.0. The summed E-state index contributed by atoms with van der Waals surface area (Å²) in [7, 11) is -1.33. The lowest BCUT2D eigenvalue weighted by Crippen LogP contribution is -2.42. The average Bonchev–Trinajstić information content (AvgIpc) is 2.59. The van der Waals surface area contributed by atoms with Crippen molar-refractivity contribution in [2.24, 2.45) is 7.05 Å². The molecule has 2 heterocycles. The van der Waals surface area contributed by atoms with Gasteiger partial charge in [0.1, 0.15) is 5.69 Å². The molecule has 7 heteroatoms. The molecule has 2 N–H and O–H groups in total. The van der Waals surface area contributed by atoms with Crippen molar-refractivity contribution in [1.82, 2.24) is 9.36 Å². The molecule has 96 valence electrons. The van der Waals surface area contributed by atoms with Crippen LogP contribution in [0.2, 0.25) is 0 Å². The first-order valence-electron chi connectivity index (χ1n) is 5.43. The molecule has 17 heavy (non-hydrogen) atoms. The molecule has 2 rings (SSSR count). The number of hydrogen-bond acceptors (Lipinski definition) is 4. The summed E-state index contributed by atoms with van der Waals surface area (Å²) < 4.78 is 26.3. The highest BCUT2D eigenvalue weighted by atomic mass is 32.2. The number of anilines is 1. The Balaban J connectivity index is 2.64. The molecule has 1 aliphatic heterocycles. The zero-order valence-corrected chi connectivity index (χ0v) is 11.0. The van der Waals surface area contributed by atoms with Crippen molar-refractivity contribution < 1.29 is 8.42 Å². The van der Waals surface area contributed by atoms with Gasteiger partial charge in [0, 0.05) is 7.05 Å². The van der Waals surface area contributed by atoms with Crippen LogP contribution in [0.5, 0.6) is 0 Å². The van der Waals surface area contributed by atoms with E-state index in [-0.39, 0.29) is 22.8 Å². The minimum atomic E-state index is -3.05. The second-order valence-electron chi connectivity index (χ2n) is 4.98. The van der Waals surface area contributed by atoms with Gasteiger partial charge in [-0.2, -0.15) is 0 Å². The molecule has 6 nitrogen and oxygen atoms in total. The van der Waals surface area contributed by atoms with Gasteiger partial charge in [-0.1, -0.05) is 0 Å². The third kappa shape index (κ3) is 1.69. The summed E-state index contributed by atoms with van der Waals surface area (Å²) in [6.45, 7) is 3.54. The van der Waals surface area contributed by atoms with E-state index in [1.54, 1.807) is 25.6 Å². The van der Waals surface area contributed by atoms with Gasteiger partial charge in [0.05, 0.1) is 22.7 Å². The van der Waals surface area contributed by atoms with Crippen molar-refractivity contribution in [3.63, 3.8) is 0 Å². The standard InChI is InChI=1S/C10H17N3O3S/c1-7-8(11)9(14)13(12(7)3)10(2)4-5-17(15,16)6-10/h4-6,11H2,1-3H3. The Labute approximate surface area is 99.9 Å². The SMILES string of the molecule is Cc1c(N)c(=O)n(C2(C)CCS(=O)(=O)C2)n1C. The lowest BCUT2D eigenvalue weighted by molar-refractivity contribution is 0.279. The van der Waals surface area contributed by atoms with Crippen LogP contribution in [-0.2, 0) is 22.4 Å². The van der Waals surface area contributed by atoms with Crippen molar-refractivity contribution in [3.05, 3.63) is 16.0 Å². The van der Waals surface area contributed by atoms with Crippen LogP contribution in [0.15, 0.2) is 4.79 Å². The Kier molecular flexibility index (Phi) is 2.43. The molecule has 1 saturated heterocycles. The maximum absolute atomic E-state index is 12.0. The molecule has 1 aliphatic rings. The van der Waals surface area contributed by atoms with E-state index in [0.29, 0.717) is 12.1 Å². The molecule has 1 fully saturated rings. The molecule has 0 aromatic carbocycles. The van der Waals surface area contributed by atoms with Gasteiger partial charge < -0.3 is 5.73 Å². The molecule has 0 aliphatic carbocycles. The maximum Gasteiger partial charge on any atom is 0.290 e. The number of nitrogens with two attached hydrogens (primary N) is 1. The second-order valence-corrected chi connectivity index (χ2v) is 7.16. The predicted molar refractivity (Wildman–Crippen MR) is 65.7 cm³/mol. The largest absolute Gasteiger partial charge is 0.393 e. The lowest BCUT2D eigenvalue weighted by Gasteiger charge is -2.26. The summed E-state index contributed by atoms with van der Waals surface area (Å²) in [5, 5.41) is 0. The van der Waals surface area contributed by atoms with Gasteiger partial charge in [-0.3, -0.25) is 9.48 Å². The first-order chi connectivity index (χ1) is 7.68. The topological polar surface area (TPSA) is 87.1 Å². The quantitative estimate of drug-likeness (QED) is 0.744. The van der Waals surface area contributed by atoms with E-state index in [0.717, 1.165) is 0 Å². The van der Waals surface area contributed by atoms with E-state index in [1.165, 1.54) is 4.68 Å². The highest BCUT2D eigenvalue weighted by Crippen LogP contribution is 2.30. The first kappa shape index (κ1) is 12.2. The minimum absolute atomic E-state index is 0.00333. The van der Waals surface area contributed by atoms with E-state index in [1.807, 2.05) is 0 Å². The molecule has 0 saturated carbocycles. The predicted octanol–water partition coefficient (Wildman–Crippen LogP) is -0.389. The van der Waals surface area contributed by atoms with Crippen LogP contribution in [0.3, 0.4) is 0 Å². The van der Waals surface area contributed by atoms with Crippen molar-refractivity contribution in [2.45, 2.75) is 25.8 Å². The molecule has 0 radical (unpaired) electrons. The number of aromatic nitrogens is 2. The smallest absolute Gasteiger partial charge is 0.290 e. The summed E-state index contributed by atoms with van der Waals surface area (Å²) >= 11 is 0. The van der Waals surface area contributed by atoms with E-state index >= 15 is 0 Å². The monoisotopic (exact) mass is 259 g/mol. The van der Waals surface area contributed by atoms with E-state index < -0.39 is 15.4 Å². The van der Waals surface area contributed by atoms with Crippen LogP contribution in [-0.4, -0.2) is 29.3 Å². The van der Waals surface area contributed by atoms with Crippen LogP contribution in [0.25, 0.3) is 0 Å². The Morgan fingerprint density at radius 3 is 2.35 bits per heavy atom. The third-order valence-electron chi connectivity index (χ3n) is 3.59.